The van der Waals surface area contributed by atoms with E-state index in [9.17, 15) is 5.11 Å². The van der Waals surface area contributed by atoms with Crippen LogP contribution in [0.1, 0.15) is 11.1 Å². The molecule has 104 valence electrons. The van der Waals surface area contributed by atoms with Crippen molar-refractivity contribution in [3.05, 3.63) is 72.3 Å². The lowest BCUT2D eigenvalue weighted by molar-refractivity contribution is 0.475. The molecule has 0 fully saturated rings. The molecule has 0 aliphatic rings. The normalized spacial score (nSPS) is 10.5. The molecule has 0 bridgehead atoms. The van der Waals surface area contributed by atoms with E-state index in [4.69, 9.17) is 0 Å². The van der Waals surface area contributed by atoms with E-state index >= 15 is 0 Å². The van der Waals surface area contributed by atoms with Gasteiger partial charge in [-0.3, -0.25) is 0 Å². The van der Waals surface area contributed by atoms with Gasteiger partial charge in [-0.1, -0.05) is 30.3 Å². The van der Waals surface area contributed by atoms with E-state index in [1.807, 2.05) is 24.3 Å². The first-order valence-electron chi connectivity index (χ1n) is 6.47. The van der Waals surface area contributed by atoms with Gasteiger partial charge in [-0.05, 0) is 47.5 Å². The highest BCUT2D eigenvalue weighted by molar-refractivity contribution is 7.99. The van der Waals surface area contributed by atoms with Gasteiger partial charge in [-0.25, -0.2) is 15.0 Å². The zero-order valence-corrected chi connectivity index (χ0v) is 12.0. The van der Waals surface area contributed by atoms with Gasteiger partial charge >= 0.3 is 0 Å². The number of aromatic hydroxyl groups is 1. The fraction of sp³-hybridized carbons (Fsp3) is 0.0625. The minimum absolute atomic E-state index is 0.284. The predicted octanol–water partition coefficient (Wildman–Crippen LogP) is 3.32. The molecule has 0 aliphatic carbocycles. The summed E-state index contributed by atoms with van der Waals surface area (Å²) in [6.07, 6.45) is 3.80. The number of nitrogens with zero attached hydrogens (tertiary/aromatic N) is 3. The van der Waals surface area contributed by atoms with Gasteiger partial charge in [0, 0.05) is 4.90 Å². The third-order valence-electron chi connectivity index (χ3n) is 2.97. The highest BCUT2D eigenvalue weighted by Crippen LogP contribution is 2.29. The second-order valence-electron chi connectivity index (χ2n) is 4.47. The molecule has 5 heteroatoms. The van der Waals surface area contributed by atoms with E-state index < -0.39 is 0 Å². The summed E-state index contributed by atoms with van der Waals surface area (Å²) in [6, 6.07) is 15.4. The predicted molar refractivity (Wildman–Crippen MR) is 81.3 cm³/mol. The Morgan fingerprint density at radius 3 is 2.38 bits per heavy atom. The third-order valence-corrected chi connectivity index (χ3v) is 3.99. The highest BCUT2D eigenvalue weighted by Gasteiger charge is 2.06. The van der Waals surface area contributed by atoms with Gasteiger partial charge in [0.1, 0.15) is 18.4 Å². The Morgan fingerprint density at radius 1 is 0.905 bits per heavy atom. The van der Waals surface area contributed by atoms with Gasteiger partial charge in [0.2, 0.25) is 0 Å². The van der Waals surface area contributed by atoms with Crippen LogP contribution in [0.2, 0.25) is 0 Å². The summed E-state index contributed by atoms with van der Waals surface area (Å²) >= 11 is 1.53. The molecular formula is C16H13N3OS. The molecular weight excluding hydrogens is 282 g/mol. The van der Waals surface area contributed by atoms with Gasteiger partial charge in [0.05, 0.1) is 0 Å². The lowest BCUT2D eigenvalue weighted by Crippen LogP contribution is -1.92. The van der Waals surface area contributed by atoms with Crippen molar-refractivity contribution in [1.29, 1.82) is 0 Å². The summed E-state index contributed by atoms with van der Waals surface area (Å²) in [4.78, 5) is 13.2. The molecule has 4 nitrogen and oxygen atoms in total. The highest BCUT2D eigenvalue weighted by atomic mass is 32.2. The quantitative estimate of drug-likeness (QED) is 0.800. The Balaban J connectivity index is 1.84. The Hall–Kier alpha value is -2.40. The Morgan fingerprint density at radius 2 is 1.62 bits per heavy atom. The SMILES string of the molecule is Oc1ccc(Cc2ccccc2Sc2ncncn2)cc1. The van der Waals surface area contributed by atoms with Gasteiger partial charge in [0.25, 0.3) is 0 Å². The van der Waals surface area contributed by atoms with Crippen molar-refractivity contribution in [2.24, 2.45) is 0 Å². The average molecular weight is 295 g/mol. The Kier molecular flexibility index (Phi) is 4.12. The summed E-state index contributed by atoms with van der Waals surface area (Å²) in [7, 11) is 0. The number of hydrogen-bond donors (Lipinski definition) is 1. The summed E-state index contributed by atoms with van der Waals surface area (Å²) in [5, 5.41) is 10.0. The summed E-state index contributed by atoms with van der Waals surface area (Å²) in [6.45, 7) is 0. The topological polar surface area (TPSA) is 58.9 Å². The van der Waals surface area contributed by atoms with Crippen LogP contribution in [0.25, 0.3) is 0 Å². The van der Waals surface area contributed by atoms with Crippen molar-refractivity contribution in [1.82, 2.24) is 15.0 Å². The zero-order chi connectivity index (χ0) is 14.5. The molecule has 1 heterocycles. The van der Waals surface area contributed by atoms with Crippen LogP contribution in [-0.2, 0) is 6.42 Å². The molecule has 0 aliphatic heterocycles. The van der Waals surface area contributed by atoms with Crippen molar-refractivity contribution in [2.75, 3.05) is 0 Å². The van der Waals surface area contributed by atoms with Gasteiger partial charge in [-0.2, -0.15) is 0 Å². The number of rotatable bonds is 4. The molecule has 0 amide bonds. The van der Waals surface area contributed by atoms with Crippen molar-refractivity contribution < 1.29 is 5.11 Å². The van der Waals surface area contributed by atoms with Gasteiger partial charge in [-0.15, -0.1) is 0 Å². The van der Waals surface area contributed by atoms with E-state index in [-0.39, 0.29) is 5.75 Å². The number of phenolic OH excluding ortho intramolecular Hbond substituents is 1. The fourth-order valence-corrected chi connectivity index (χ4v) is 2.78. The van der Waals surface area contributed by atoms with Crippen LogP contribution < -0.4 is 0 Å². The van der Waals surface area contributed by atoms with E-state index in [1.54, 1.807) is 12.1 Å². The lowest BCUT2D eigenvalue weighted by atomic mass is 10.1. The first kappa shape index (κ1) is 13.6. The number of benzene rings is 2. The van der Waals surface area contributed by atoms with E-state index in [1.165, 1.54) is 30.0 Å². The number of aromatic nitrogens is 3. The molecule has 0 unspecified atom stereocenters. The third kappa shape index (κ3) is 3.58. The van der Waals surface area contributed by atoms with E-state index in [2.05, 4.69) is 27.1 Å². The molecule has 0 atom stereocenters. The lowest BCUT2D eigenvalue weighted by Gasteiger charge is -2.08. The maximum absolute atomic E-state index is 9.35. The van der Waals surface area contributed by atoms with E-state index in [0.717, 1.165) is 16.9 Å². The van der Waals surface area contributed by atoms with Gasteiger partial charge in [0.15, 0.2) is 5.16 Å². The number of hydrogen-bond acceptors (Lipinski definition) is 5. The second kappa shape index (κ2) is 6.37. The summed E-state index contributed by atoms with van der Waals surface area (Å²) in [5.74, 6) is 0.284. The maximum atomic E-state index is 9.35. The second-order valence-corrected chi connectivity index (χ2v) is 5.48. The van der Waals surface area contributed by atoms with Crippen molar-refractivity contribution in [3.63, 3.8) is 0 Å². The molecule has 3 rings (SSSR count). The van der Waals surface area contributed by atoms with Crippen LogP contribution in [0.15, 0.2) is 71.2 Å². The van der Waals surface area contributed by atoms with Crippen molar-refractivity contribution >= 4 is 11.8 Å². The molecule has 0 radical (unpaired) electrons. The van der Waals surface area contributed by atoms with Crippen LogP contribution in [0.3, 0.4) is 0 Å². The monoisotopic (exact) mass is 295 g/mol. The van der Waals surface area contributed by atoms with Gasteiger partial charge < -0.3 is 5.11 Å². The molecule has 1 aromatic heterocycles. The fourth-order valence-electron chi connectivity index (χ4n) is 1.96. The molecule has 0 saturated carbocycles. The van der Waals surface area contributed by atoms with Crippen LogP contribution in [-0.4, -0.2) is 20.1 Å². The molecule has 1 N–H and O–H groups in total. The molecule has 2 aromatic carbocycles. The minimum Gasteiger partial charge on any atom is -0.508 e. The Labute approximate surface area is 126 Å². The maximum Gasteiger partial charge on any atom is 0.195 e. The zero-order valence-electron chi connectivity index (χ0n) is 11.2. The van der Waals surface area contributed by atoms with Crippen LogP contribution in [0, 0.1) is 0 Å². The summed E-state index contributed by atoms with van der Waals surface area (Å²) < 4.78 is 0. The smallest absolute Gasteiger partial charge is 0.195 e. The summed E-state index contributed by atoms with van der Waals surface area (Å²) in [5.41, 5.74) is 2.35. The van der Waals surface area contributed by atoms with Crippen molar-refractivity contribution in [2.45, 2.75) is 16.5 Å². The molecule has 0 saturated heterocycles. The van der Waals surface area contributed by atoms with Crippen molar-refractivity contribution in [3.8, 4) is 5.75 Å². The standard InChI is InChI=1S/C16H13N3OS/c20-14-7-5-12(6-8-14)9-13-3-1-2-4-15(13)21-16-18-10-17-11-19-16/h1-8,10-11,20H,9H2. The average Bonchev–Trinajstić information content (AvgIpc) is 2.52. The van der Waals surface area contributed by atoms with E-state index in [0.29, 0.717) is 5.16 Å². The first-order valence-corrected chi connectivity index (χ1v) is 7.28. The number of phenols is 1. The molecule has 3 aromatic rings. The first-order chi connectivity index (χ1) is 10.3. The molecule has 0 spiro atoms. The molecule has 21 heavy (non-hydrogen) atoms. The minimum atomic E-state index is 0.284. The van der Waals surface area contributed by atoms with Crippen LogP contribution >= 0.6 is 11.8 Å². The Bertz CT molecular complexity index is 717. The largest absolute Gasteiger partial charge is 0.508 e. The van der Waals surface area contributed by atoms with Crippen LogP contribution in [0.5, 0.6) is 5.75 Å². The van der Waals surface area contributed by atoms with Crippen LogP contribution in [0.4, 0.5) is 0 Å².